The number of nitrogens with one attached hydrogen (secondary N) is 2. The molecule has 1 aliphatic carbocycles. The molecule has 1 aromatic heterocycles. The zero-order chi connectivity index (χ0) is 24.9. The van der Waals surface area contributed by atoms with Crippen molar-refractivity contribution >= 4 is 29.3 Å². The summed E-state index contributed by atoms with van der Waals surface area (Å²) in [6, 6.07) is 16.3. The standard InChI is InChI=1S/C26H27N3O5S/c1-15(24(30)28-13-22-29-16(2)23(35-22)25(31)32)11-12-27-26(33)34-14-21-19-9-5-3-7-17(19)18-8-4-6-10-20(18)21/h3-10,15,21H,11-14H2,1-2H3,(H,27,33)(H,28,30)(H,31,32). The van der Waals surface area contributed by atoms with Gasteiger partial charge in [-0.2, -0.15) is 0 Å². The van der Waals surface area contributed by atoms with E-state index in [1.54, 1.807) is 13.8 Å². The predicted octanol–water partition coefficient (Wildman–Crippen LogP) is 4.33. The van der Waals surface area contributed by atoms with Crippen LogP contribution in [0.25, 0.3) is 11.1 Å². The Morgan fingerprint density at radius 1 is 1.06 bits per heavy atom. The van der Waals surface area contributed by atoms with Crippen molar-refractivity contribution in [3.8, 4) is 11.1 Å². The Morgan fingerprint density at radius 3 is 2.29 bits per heavy atom. The normalized spacial score (nSPS) is 13.0. The molecule has 0 aliphatic heterocycles. The average Bonchev–Trinajstić information content (AvgIpc) is 3.38. The van der Waals surface area contributed by atoms with Gasteiger partial charge in [0.2, 0.25) is 5.91 Å². The van der Waals surface area contributed by atoms with Crippen LogP contribution in [0.5, 0.6) is 0 Å². The Labute approximate surface area is 207 Å². The summed E-state index contributed by atoms with van der Waals surface area (Å²) in [4.78, 5) is 40.1. The van der Waals surface area contributed by atoms with Crippen molar-refractivity contribution in [2.24, 2.45) is 5.92 Å². The highest BCUT2D eigenvalue weighted by molar-refractivity contribution is 7.13. The maximum Gasteiger partial charge on any atom is 0.407 e. The zero-order valence-electron chi connectivity index (χ0n) is 19.5. The number of carboxylic acid groups (broad SMARTS) is 1. The number of amides is 2. The molecule has 0 bridgehead atoms. The lowest BCUT2D eigenvalue weighted by Gasteiger charge is -2.15. The number of aromatic nitrogens is 1. The van der Waals surface area contributed by atoms with Crippen LogP contribution in [0, 0.1) is 12.8 Å². The number of carboxylic acids is 1. The molecule has 4 rings (SSSR count). The number of aryl methyl sites for hydroxylation is 1. The van der Waals surface area contributed by atoms with Gasteiger partial charge in [0, 0.05) is 18.4 Å². The second-order valence-electron chi connectivity index (χ2n) is 8.49. The molecule has 2 amide bonds. The van der Waals surface area contributed by atoms with Crippen LogP contribution in [-0.4, -0.2) is 41.2 Å². The minimum atomic E-state index is -1.02. The van der Waals surface area contributed by atoms with Crippen molar-refractivity contribution in [1.82, 2.24) is 15.6 Å². The van der Waals surface area contributed by atoms with Crippen LogP contribution >= 0.6 is 11.3 Å². The lowest BCUT2D eigenvalue weighted by atomic mass is 9.98. The van der Waals surface area contributed by atoms with E-state index < -0.39 is 12.1 Å². The van der Waals surface area contributed by atoms with Gasteiger partial charge < -0.3 is 20.5 Å². The molecule has 3 N–H and O–H groups in total. The largest absolute Gasteiger partial charge is 0.477 e. The van der Waals surface area contributed by atoms with Crippen molar-refractivity contribution < 1.29 is 24.2 Å². The number of ether oxygens (including phenoxy) is 1. The van der Waals surface area contributed by atoms with Gasteiger partial charge in [0.05, 0.1) is 12.2 Å². The fraction of sp³-hybridized carbons (Fsp3) is 0.308. The number of nitrogens with zero attached hydrogens (tertiary/aromatic N) is 1. The smallest absolute Gasteiger partial charge is 0.407 e. The maximum absolute atomic E-state index is 12.4. The number of alkyl carbamates (subject to hydrolysis) is 1. The van der Waals surface area contributed by atoms with Gasteiger partial charge in [0.1, 0.15) is 16.5 Å². The van der Waals surface area contributed by atoms with Crippen LogP contribution in [0.15, 0.2) is 48.5 Å². The SMILES string of the molecule is Cc1nc(CNC(=O)C(C)CCNC(=O)OCC2c3ccccc3-c3ccccc32)sc1C(=O)O. The third-order valence-electron chi connectivity index (χ3n) is 6.09. The van der Waals surface area contributed by atoms with Crippen LogP contribution in [-0.2, 0) is 16.1 Å². The second-order valence-corrected chi connectivity index (χ2v) is 9.57. The molecular formula is C26H27N3O5S. The molecule has 3 aromatic rings. The number of thiazole rings is 1. The first-order valence-electron chi connectivity index (χ1n) is 11.4. The highest BCUT2D eigenvalue weighted by Gasteiger charge is 2.29. The summed E-state index contributed by atoms with van der Waals surface area (Å²) in [5.41, 5.74) is 5.08. The molecule has 2 aromatic carbocycles. The van der Waals surface area contributed by atoms with Gasteiger partial charge in [-0.25, -0.2) is 14.6 Å². The Balaban J connectivity index is 1.21. The molecule has 35 heavy (non-hydrogen) atoms. The van der Waals surface area contributed by atoms with E-state index >= 15 is 0 Å². The lowest BCUT2D eigenvalue weighted by Crippen LogP contribution is -2.33. The van der Waals surface area contributed by atoms with E-state index in [9.17, 15) is 14.4 Å². The molecule has 9 heteroatoms. The minimum Gasteiger partial charge on any atom is -0.477 e. The maximum atomic E-state index is 12.4. The Bertz CT molecular complexity index is 1210. The summed E-state index contributed by atoms with van der Waals surface area (Å²) in [6.07, 6.45) is -0.0771. The minimum absolute atomic E-state index is 0.00556. The van der Waals surface area contributed by atoms with Crippen LogP contribution in [0.3, 0.4) is 0 Å². The number of rotatable bonds is 9. The first kappa shape index (κ1) is 24.4. The molecule has 1 aliphatic rings. The fourth-order valence-corrected chi connectivity index (χ4v) is 5.08. The highest BCUT2D eigenvalue weighted by Crippen LogP contribution is 2.44. The molecule has 0 spiro atoms. The van der Waals surface area contributed by atoms with Crippen LogP contribution in [0.1, 0.15) is 50.8 Å². The number of aromatic carboxylic acids is 1. The molecule has 0 fully saturated rings. The topological polar surface area (TPSA) is 118 Å². The average molecular weight is 494 g/mol. The van der Waals surface area contributed by atoms with Gasteiger partial charge in [-0.1, -0.05) is 55.5 Å². The van der Waals surface area contributed by atoms with E-state index in [-0.39, 0.29) is 35.8 Å². The van der Waals surface area contributed by atoms with E-state index in [1.165, 1.54) is 11.1 Å². The molecule has 8 nitrogen and oxygen atoms in total. The Kier molecular flexibility index (Phi) is 7.45. The number of hydrogen-bond acceptors (Lipinski definition) is 6. The van der Waals surface area contributed by atoms with E-state index in [0.29, 0.717) is 23.7 Å². The first-order valence-corrected chi connectivity index (χ1v) is 12.2. The molecule has 0 saturated heterocycles. The molecule has 0 radical (unpaired) electrons. The van der Waals surface area contributed by atoms with Crippen LogP contribution in [0.4, 0.5) is 4.79 Å². The van der Waals surface area contributed by atoms with Gasteiger partial charge in [-0.15, -0.1) is 11.3 Å². The lowest BCUT2D eigenvalue weighted by molar-refractivity contribution is -0.124. The van der Waals surface area contributed by atoms with Gasteiger partial charge in [0.15, 0.2) is 0 Å². The third kappa shape index (κ3) is 5.51. The summed E-state index contributed by atoms with van der Waals surface area (Å²) < 4.78 is 5.51. The molecule has 1 heterocycles. The van der Waals surface area contributed by atoms with Crippen molar-refractivity contribution in [2.45, 2.75) is 32.7 Å². The Morgan fingerprint density at radius 2 is 1.69 bits per heavy atom. The number of fused-ring (bicyclic) bond motifs is 3. The predicted molar refractivity (Wildman–Crippen MR) is 133 cm³/mol. The summed E-state index contributed by atoms with van der Waals surface area (Å²) >= 11 is 1.05. The molecule has 182 valence electrons. The fourth-order valence-electron chi connectivity index (χ4n) is 4.23. The second kappa shape index (κ2) is 10.7. The van der Waals surface area contributed by atoms with Crippen molar-refractivity contribution in [3.05, 3.63) is 75.2 Å². The number of carbonyl (C=O) groups excluding carboxylic acids is 2. The highest BCUT2D eigenvalue weighted by atomic mass is 32.1. The van der Waals surface area contributed by atoms with Crippen molar-refractivity contribution in [3.63, 3.8) is 0 Å². The summed E-state index contributed by atoms with van der Waals surface area (Å²) in [6.45, 7) is 4.10. The van der Waals surface area contributed by atoms with Gasteiger partial charge in [-0.3, -0.25) is 4.79 Å². The third-order valence-corrected chi connectivity index (χ3v) is 7.23. The Hall–Kier alpha value is -3.72. The number of hydrogen-bond donors (Lipinski definition) is 3. The number of carbonyl (C=O) groups is 3. The summed E-state index contributed by atoms with van der Waals surface area (Å²) in [5.74, 6) is -1.56. The van der Waals surface area contributed by atoms with Crippen molar-refractivity contribution in [2.75, 3.05) is 13.2 Å². The monoisotopic (exact) mass is 493 g/mol. The molecule has 0 saturated carbocycles. The molecule has 1 atom stereocenters. The first-order chi connectivity index (χ1) is 16.8. The summed E-state index contributed by atoms with van der Waals surface area (Å²) in [7, 11) is 0. The van der Waals surface area contributed by atoms with Gasteiger partial charge >= 0.3 is 12.1 Å². The van der Waals surface area contributed by atoms with Crippen molar-refractivity contribution in [1.29, 1.82) is 0 Å². The summed E-state index contributed by atoms with van der Waals surface area (Å²) in [5, 5.41) is 15.1. The zero-order valence-corrected chi connectivity index (χ0v) is 20.4. The number of benzene rings is 2. The quantitative estimate of drug-likeness (QED) is 0.408. The van der Waals surface area contributed by atoms with Crippen LogP contribution < -0.4 is 10.6 Å². The van der Waals surface area contributed by atoms with Gasteiger partial charge in [0.25, 0.3) is 0 Å². The van der Waals surface area contributed by atoms with E-state index in [0.717, 1.165) is 22.5 Å². The van der Waals surface area contributed by atoms with E-state index in [1.807, 2.05) is 24.3 Å². The van der Waals surface area contributed by atoms with E-state index in [4.69, 9.17) is 9.84 Å². The molecule has 1 unspecified atom stereocenters. The van der Waals surface area contributed by atoms with E-state index in [2.05, 4.69) is 39.9 Å². The van der Waals surface area contributed by atoms with Gasteiger partial charge in [-0.05, 0) is 35.6 Å². The van der Waals surface area contributed by atoms with Crippen LogP contribution in [0.2, 0.25) is 0 Å². The molecular weight excluding hydrogens is 466 g/mol.